The first-order valence-electron chi connectivity index (χ1n) is 5.56. The van der Waals surface area contributed by atoms with Crippen LogP contribution in [-0.2, 0) is 13.2 Å². The molecule has 0 aliphatic carbocycles. The van der Waals surface area contributed by atoms with Gasteiger partial charge in [-0.15, -0.1) is 0 Å². The highest BCUT2D eigenvalue weighted by atomic mass is 79.9. The number of aliphatic hydroxyl groups is 1. The van der Waals surface area contributed by atoms with E-state index in [2.05, 4.69) is 15.9 Å². The zero-order valence-corrected chi connectivity index (χ0v) is 12.2. The van der Waals surface area contributed by atoms with Crippen LogP contribution in [0.2, 0.25) is 5.02 Å². The fourth-order valence-corrected chi connectivity index (χ4v) is 2.27. The van der Waals surface area contributed by atoms with Crippen molar-refractivity contribution in [3.63, 3.8) is 0 Å². The molecule has 0 aliphatic heterocycles. The first-order valence-corrected chi connectivity index (χ1v) is 6.73. The maximum atomic E-state index is 13.3. The quantitative estimate of drug-likeness (QED) is 0.837. The van der Waals surface area contributed by atoms with Crippen molar-refractivity contribution in [1.82, 2.24) is 0 Å². The van der Waals surface area contributed by atoms with Gasteiger partial charge in [0.1, 0.15) is 18.2 Å². The molecule has 0 fully saturated rings. The van der Waals surface area contributed by atoms with Gasteiger partial charge in [0.2, 0.25) is 0 Å². The number of ether oxygens (including phenoxy) is 1. The van der Waals surface area contributed by atoms with E-state index in [4.69, 9.17) is 21.4 Å². The van der Waals surface area contributed by atoms with Crippen molar-refractivity contribution in [2.75, 3.05) is 0 Å². The normalized spacial score (nSPS) is 10.5. The largest absolute Gasteiger partial charge is 0.488 e. The molecule has 2 aromatic rings. The summed E-state index contributed by atoms with van der Waals surface area (Å²) in [6.45, 7) is 0.320. The average Bonchev–Trinajstić information content (AvgIpc) is 2.42. The second-order valence-corrected chi connectivity index (χ2v) is 5.22. The van der Waals surface area contributed by atoms with E-state index in [0.29, 0.717) is 16.8 Å². The van der Waals surface area contributed by atoms with Gasteiger partial charge in [0.05, 0.1) is 16.1 Å². The Morgan fingerprint density at radius 2 is 1.79 bits per heavy atom. The van der Waals surface area contributed by atoms with Crippen LogP contribution in [0.1, 0.15) is 11.1 Å². The maximum absolute atomic E-state index is 13.3. The molecule has 0 radical (unpaired) electrons. The molecule has 0 spiro atoms. The van der Waals surface area contributed by atoms with Crippen LogP contribution in [0.5, 0.6) is 5.75 Å². The molecular formula is C14H11BrClFO2. The summed E-state index contributed by atoms with van der Waals surface area (Å²) in [5, 5.41) is 8.99. The van der Waals surface area contributed by atoms with Crippen LogP contribution in [-0.4, -0.2) is 5.11 Å². The van der Waals surface area contributed by atoms with E-state index in [-0.39, 0.29) is 11.6 Å². The highest BCUT2D eigenvalue weighted by Gasteiger charge is 2.08. The molecule has 2 aromatic carbocycles. The minimum absolute atomic E-state index is 0.00901. The zero-order valence-electron chi connectivity index (χ0n) is 9.87. The molecule has 0 heterocycles. The van der Waals surface area contributed by atoms with Crippen LogP contribution in [0, 0.1) is 5.82 Å². The summed E-state index contributed by atoms with van der Waals surface area (Å²) in [4.78, 5) is 0. The van der Waals surface area contributed by atoms with Crippen LogP contribution < -0.4 is 4.74 Å². The van der Waals surface area contributed by atoms with Crippen molar-refractivity contribution < 1.29 is 14.2 Å². The minimum atomic E-state index is -0.518. The van der Waals surface area contributed by atoms with Crippen molar-refractivity contribution in [2.24, 2.45) is 0 Å². The number of aliphatic hydroxyl groups excluding tert-OH is 1. The van der Waals surface area contributed by atoms with Gasteiger partial charge in [0, 0.05) is 6.07 Å². The molecule has 0 saturated heterocycles. The van der Waals surface area contributed by atoms with Crippen LogP contribution in [0.3, 0.4) is 0 Å². The average molecular weight is 346 g/mol. The Morgan fingerprint density at radius 1 is 1.16 bits per heavy atom. The molecule has 19 heavy (non-hydrogen) atoms. The second-order valence-electron chi connectivity index (χ2n) is 3.96. The molecule has 0 unspecified atom stereocenters. The van der Waals surface area contributed by atoms with Gasteiger partial charge in [0.15, 0.2) is 0 Å². The lowest BCUT2D eigenvalue weighted by Gasteiger charge is -2.09. The summed E-state index contributed by atoms with van der Waals surface area (Å²) in [7, 11) is 0. The van der Waals surface area contributed by atoms with Gasteiger partial charge >= 0.3 is 0 Å². The van der Waals surface area contributed by atoms with E-state index in [9.17, 15) is 4.39 Å². The summed E-state index contributed by atoms with van der Waals surface area (Å²) in [6, 6.07) is 10.0. The summed E-state index contributed by atoms with van der Waals surface area (Å²) >= 11 is 8.92. The van der Waals surface area contributed by atoms with E-state index in [1.165, 1.54) is 12.1 Å². The summed E-state index contributed by atoms with van der Waals surface area (Å²) < 4.78 is 19.4. The third-order valence-electron chi connectivity index (χ3n) is 2.57. The predicted octanol–water partition coefficient (Wildman–Crippen LogP) is 4.31. The molecule has 0 aliphatic rings. The zero-order chi connectivity index (χ0) is 13.8. The molecule has 0 saturated carbocycles. The fourth-order valence-electron chi connectivity index (χ4n) is 1.52. The van der Waals surface area contributed by atoms with Gasteiger partial charge < -0.3 is 9.84 Å². The van der Waals surface area contributed by atoms with E-state index < -0.39 is 5.82 Å². The Hall–Kier alpha value is -1.10. The van der Waals surface area contributed by atoms with Crippen LogP contribution in [0.15, 0.2) is 40.9 Å². The third kappa shape index (κ3) is 3.69. The van der Waals surface area contributed by atoms with Gasteiger partial charge in [-0.1, -0.05) is 35.9 Å². The third-order valence-corrected chi connectivity index (χ3v) is 3.48. The standard InChI is InChI=1S/C14H11BrClFO2/c15-11-5-12(16)13(17)6-14(11)19-8-10-3-1-9(7-18)2-4-10/h1-6,18H,7-8H2. The van der Waals surface area contributed by atoms with Crippen molar-refractivity contribution in [3.8, 4) is 5.75 Å². The summed E-state index contributed by atoms with van der Waals surface area (Å²) in [5.41, 5.74) is 1.77. The molecule has 1 N–H and O–H groups in total. The SMILES string of the molecule is OCc1ccc(COc2cc(F)c(Cl)cc2Br)cc1. The maximum Gasteiger partial charge on any atom is 0.145 e. The van der Waals surface area contributed by atoms with Crippen molar-refractivity contribution in [2.45, 2.75) is 13.2 Å². The Bertz CT molecular complexity index is 572. The first kappa shape index (κ1) is 14.3. The Morgan fingerprint density at radius 3 is 2.42 bits per heavy atom. The molecule has 5 heteroatoms. The Labute approximate surface area is 123 Å². The van der Waals surface area contributed by atoms with Crippen LogP contribution in [0.25, 0.3) is 0 Å². The van der Waals surface area contributed by atoms with Crippen molar-refractivity contribution in [1.29, 1.82) is 0 Å². The minimum Gasteiger partial charge on any atom is -0.488 e. The Kier molecular flexibility index (Phi) is 4.80. The van der Waals surface area contributed by atoms with Gasteiger partial charge in [0.25, 0.3) is 0 Å². The topological polar surface area (TPSA) is 29.5 Å². The molecule has 2 rings (SSSR count). The molecule has 100 valence electrons. The number of hydrogen-bond donors (Lipinski definition) is 1. The van der Waals surface area contributed by atoms with Crippen molar-refractivity contribution in [3.05, 3.63) is 62.8 Å². The molecule has 0 amide bonds. The molecule has 0 bridgehead atoms. The molecule has 2 nitrogen and oxygen atoms in total. The summed E-state index contributed by atoms with van der Waals surface area (Å²) in [5.74, 6) is -0.122. The molecule has 0 aromatic heterocycles. The highest BCUT2D eigenvalue weighted by Crippen LogP contribution is 2.31. The summed E-state index contributed by atoms with van der Waals surface area (Å²) in [6.07, 6.45) is 0. The van der Waals surface area contributed by atoms with Gasteiger partial charge in [-0.25, -0.2) is 4.39 Å². The fraction of sp³-hybridized carbons (Fsp3) is 0.143. The van der Waals surface area contributed by atoms with Crippen LogP contribution >= 0.6 is 27.5 Å². The second kappa shape index (κ2) is 6.37. The number of halogens is 3. The highest BCUT2D eigenvalue weighted by molar-refractivity contribution is 9.10. The number of rotatable bonds is 4. The molecular weight excluding hydrogens is 335 g/mol. The van der Waals surface area contributed by atoms with Crippen LogP contribution in [0.4, 0.5) is 4.39 Å². The van der Waals surface area contributed by atoms with E-state index in [1.807, 2.05) is 24.3 Å². The lowest BCUT2D eigenvalue weighted by atomic mass is 10.1. The van der Waals surface area contributed by atoms with Gasteiger partial charge in [-0.2, -0.15) is 0 Å². The Balaban J connectivity index is 2.07. The van der Waals surface area contributed by atoms with E-state index in [0.717, 1.165) is 11.1 Å². The van der Waals surface area contributed by atoms with Gasteiger partial charge in [-0.3, -0.25) is 0 Å². The monoisotopic (exact) mass is 344 g/mol. The smallest absolute Gasteiger partial charge is 0.145 e. The number of benzene rings is 2. The van der Waals surface area contributed by atoms with E-state index in [1.54, 1.807) is 0 Å². The lowest BCUT2D eigenvalue weighted by molar-refractivity contribution is 0.281. The van der Waals surface area contributed by atoms with Crippen molar-refractivity contribution >= 4 is 27.5 Å². The lowest BCUT2D eigenvalue weighted by Crippen LogP contribution is -1.97. The number of hydrogen-bond acceptors (Lipinski definition) is 2. The first-order chi connectivity index (χ1) is 9.10. The molecule has 0 atom stereocenters. The van der Waals surface area contributed by atoms with E-state index >= 15 is 0 Å². The predicted molar refractivity (Wildman–Crippen MR) is 75.8 cm³/mol. The van der Waals surface area contributed by atoms with Gasteiger partial charge in [-0.05, 0) is 33.1 Å².